The number of nitrogens with zero attached hydrogens (tertiary/aromatic N) is 2. The van der Waals surface area contributed by atoms with Crippen LogP contribution in [0, 0.1) is 5.82 Å². The summed E-state index contributed by atoms with van der Waals surface area (Å²) in [6.07, 6.45) is 2.39. The first kappa shape index (κ1) is 22.8. The maximum Gasteiger partial charge on any atom is 0.264 e. The van der Waals surface area contributed by atoms with Gasteiger partial charge in [0.1, 0.15) is 12.4 Å². The summed E-state index contributed by atoms with van der Waals surface area (Å²) in [5.74, 6) is -1.25. The summed E-state index contributed by atoms with van der Waals surface area (Å²) in [6, 6.07) is 21.2. The number of carbonyl (C=O) groups is 1. The molecule has 1 fully saturated rings. The molecule has 1 N–H and O–H groups in total. The van der Waals surface area contributed by atoms with Gasteiger partial charge >= 0.3 is 0 Å². The van der Waals surface area contributed by atoms with E-state index < -0.39 is 28.3 Å². The van der Waals surface area contributed by atoms with Crippen molar-refractivity contribution in [3.63, 3.8) is 0 Å². The van der Waals surface area contributed by atoms with Crippen LogP contribution in [0.4, 0.5) is 15.8 Å². The van der Waals surface area contributed by atoms with Crippen molar-refractivity contribution < 1.29 is 17.6 Å². The Kier molecular flexibility index (Phi) is 6.93. The molecule has 33 heavy (non-hydrogen) atoms. The molecule has 172 valence electrons. The minimum absolute atomic E-state index is 0.0152. The van der Waals surface area contributed by atoms with E-state index in [1.165, 1.54) is 49.2 Å². The SMILES string of the molecule is O=C(CN(c1ccccc1F)S(=O)(=O)c1ccccc1)NCc1ccc(N2CCCC2)cc1. The van der Waals surface area contributed by atoms with Crippen molar-refractivity contribution in [2.24, 2.45) is 0 Å². The molecule has 3 aromatic rings. The molecule has 1 aliphatic rings. The smallest absolute Gasteiger partial charge is 0.264 e. The number of rotatable bonds is 8. The average molecular weight is 468 g/mol. The summed E-state index contributed by atoms with van der Waals surface area (Å²) in [7, 11) is -4.14. The summed E-state index contributed by atoms with van der Waals surface area (Å²) in [4.78, 5) is 15.0. The highest BCUT2D eigenvalue weighted by Crippen LogP contribution is 2.26. The number of sulfonamides is 1. The van der Waals surface area contributed by atoms with Gasteiger partial charge in [-0.05, 0) is 54.8 Å². The molecule has 4 rings (SSSR count). The molecule has 0 unspecified atom stereocenters. The van der Waals surface area contributed by atoms with Gasteiger partial charge in [-0.2, -0.15) is 0 Å². The fourth-order valence-electron chi connectivity index (χ4n) is 3.86. The van der Waals surface area contributed by atoms with Gasteiger partial charge in [0.2, 0.25) is 5.91 Å². The monoisotopic (exact) mass is 467 g/mol. The molecule has 3 aromatic carbocycles. The van der Waals surface area contributed by atoms with E-state index in [-0.39, 0.29) is 17.1 Å². The fraction of sp³-hybridized carbons (Fsp3) is 0.240. The summed E-state index contributed by atoms with van der Waals surface area (Å²) < 4.78 is 41.8. The second-order valence-electron chi connectivity index (χ2n) is 7.91. The highest BCUT2D eigenvalue weighted by atomic mass is 32.2. The van der Waals surface area contributed by atoms with E-state index in [1.54, 1.807) is 18.2 Å². The molecule has 1 heterocycles. The lowest BCUT2D eigenvalue weighted by molar-refractivity contribution is -0.119. The summed E-state index contributed by atoms with van der Waals surface area (Å²) >= 11 is 0. The highest BCUT2D eigenvalue weighted by Gasteiger charge is 2.28. The van der Waals surface area contributed by atoms with E-state index in [0.717, 1.165) is 28.6 Å². The molecule has 0 spiro atoms. The van der Waals surface area contributed by atoms with Gasteiger partial charge in [0.05, 0.1) is 10.6 Å². The number of nitrogens with one attached hydrogen (secondary N) is 1. The number of para-hydroxylation sites is 1. The molecule has 0 radical (unpaired) electrons. The molecule has 1 aliphatic heterocycles. The largest absolute Gasteiger partial charge is 0.372 e. The predicted molar refractivity (Wildman–Crippen MR) is 127 cm³/mol. The Morgan fingerprint density at radius 2 is 1.55 bits per heavy atom. The second-order valence-corrected chi connectivity index (χ2v) is 9.78. The van der Waals surface area contributed by atoms with Crippen LogP contribution in [0.1, 0.15) is 18.4 Å². The number of benzene rings is 3. The van der Waals surface area contributed by atoms with Crippen molar-refractivity contribution in [2.75, 3.05) is 28.8 Å². The lowest BCUT2D eigenvalue weighted by atomic mass is 10.2. The van der Waals surface area contributed by atoms with E-state index in [2.05, 4.69) is 10.2 Å². The maximum absolute atomic E-state index is 14.5. The second kappa shape index (κ2) is 10.0. The fourth-order valence-corrected chi connectivity index (χ4v) is 5.31. The van der Waals surface area contributed by atoms with Gasteiger partial charge in [0.25, 0.3) is 10.0 Å². The Bertz CT molecular complexity index is 1200. The van der Waals surface area contributed by atoms with Crippen molar-refractivity contribution in [2.45, 2.75) is 24.3 Å². The van der Waals surface area contributed by atoms with Crippen molar-refractivity contribution in [1.82, 2.24) is 5.32 Å². The van der Waals surface area contributed by atoms with Gasteiger partial charge in [0, 0.05) is 25.3 Å². The molecule has 0 atom stereocenters. The Morgan fingerprint density at radius 3 is 2.21 bits per heavy atom. The zero-order chi connectivity index (χ0) is 23.3. The molecule has 1 saturated heterocycles. The molecule has 0 aromatic heterocycles. The standard InChI is InChI=1S/C25H26FN3O3S/c26-23-10-4-5-11-24(23)29(33(31,32)22-8-2-1-3-9-22)19-25(30)27-18-20-12-14-21(15-13-20)28-16-6-7-17-28/h1-5,8-15H,6-7,16-19H2,(H,27,30). The van der Waals surface area contributed by atoms with Crippen LogP contribution in [-0.4, -0.2) is 34.0 Å². The molecular weight excluding hydrogens is 441 g/mol. The van der Waals surface area contributed by atoms with Crippen LogP contribution < -0.4 is 14.5 Å². The van der Waals surface area contributed by atoms with Crippen molar-refractivity contribution in [1.29, 1.82) is 0 Å². The lowest BCUT2D eigenvalue weighted by Crippen LogP contribution is -2.41. The number of amides is 1. The van der Waals surface area contributed by atoms with Gasteiger partial charge < -0.3 is 10.2 Å². The Hall–Kier alpha value is -3.39. The van der Waals surface area contributed by atoms with Crippen LogP contribution in [0.15, 0.2) is 83.8 Å². The molecule has 0 bridgehead atoms. The van der Waals surface area contributed by atoms with Crippen LogP contribution in [0.2, 0.25) is 0 Å². The minimum atomic E-state index is -4.14. The molecule has 1 amide bonds. The number of hydrogen-bond acceptors (Lipinski definition) is 4. The molecule has 0 saturated carbocycles. The third kappa shape index (κ3) is 5.34. The lowest BCUT2D eigenvalue weighted by Gasteiger charge is -2.24. The number of halogens is 1. The van der Waals surface area contributed by atoms with Crippen molar-refractivity contribution in [3.05, 3.63) is 90.2 Å². The van der Waals surface area contributed by atoms with Gasteiger partial charge in [-0.3, -0.25) is 9.10 Å². The third-order valence-electron chi connectivity index (χ3n) is 5.64. The van der Waals surface area contributed by atoms with E-state index in [0.29, 0.717) is 0 Å². The Morgan fingerprint density at radius 1 is 0.909 bits per heavy atom. The number of hydrogen-bond donors (Lipinski definition) is 1. The molecular formula is C25H26FN3O3S. The normalized spacial score (nSPS) is 13.7. The van der Waals surface area contributed by atoms with Gasteiger partial charge in [-0.25, -0.2) is 12.8 Å². The first-order chi connectivity index (χ1) is 15.9. The first-order valence-corrected chi connectivity index (χ1v) is 12.3. The van der Waals surface area contributed by atoms with Crippen LogP contribution in [-0.2, 0) is 21.4 Å². The van der Waals surface area contributed by atoms with E-state index in [9.17, 15) is 17.6 Å². The van der Waals surface area contributed by atoms with Crippen LogP contribution in [0.3, 0.4) is 0 Å². The average Bonchev–Trinajstić information content (AvgIpc) is 3.38. The topological polar surface area (TPSA) is 69.7 Å². The first-order valence-electron chi connectivity index (χ1n) is 10.9. The quantitative estimate of drug-likeness (QED) is 0.545. The number of anilines is 2. The van der Waals surface area contributed by atoms with E-state index in [4.69, 9.17) is 0 Å². The van der Waals surface area contributed by atoms with Crippen molar-refractivity contribution >= 4 is 27.3 Å². The summed E-state index contributed by atoms with van der Waals surface area (Å²) in [5, 5.41) is 2.75. The summed E-state index contributed by atoms with van der Waals surface area (Å²) in [5.41, 5.74) is 1.88. The van der Waals surface area contributed by atoms with Crippen molar-refractivity contribution in [3.8, 4) is 0 Å². The molecule has 6 nitrogen and oxygen atoms in total. The molecule has 0 aliphatic carbocycles. The Balaban J connectivity index is 1.48. The number of carbonyl (C=O) groups excluding carboxylic acids is 1. The highest BCUT2D eigenvalue weighted by molar-refractivity contribution is 7.92. The summed E-state index contributed by atoms with van der Waals surface area (Å²) in [6.45, 7) is 1.81. The van der Waals surface area contributed by atoms with Crippen LogP contribution in [0.25, 0.3) is 0 Å². The van der Waals surface area contributed by atoms with Gasteiger partial charge in [0.15, 0.2) is 0 Å². The van der Waals surface area contributed by atoms with Crippen LogP contribution >= 0.6 is 0 Å². The minimum Gasteiger partial charge on any atom is -0.372 e. The zero-order valence-electron chi connectivity index (χ0n) is 18.2. The third-order valence-corrected chi connectivity index (χ3v) is 7.41. The van der Waals surface area contributed by atoms with Gasteiger partial charge in [-0.1, -0.05) is 42.5 Å². The maximum atomic E-state index is 14.5. The zero-order valence-corrected chi connectivity index (χ0v) is 19.0. The van der Waals surface area contributed by atoms with E-state index in [1.807, 2.05) is 24.3 Å². The van der Waals surface area contributed by atoms with Crippen LogP contribution in [0.5, 0.6) is 0 Å². The Labute approximate surface area is 193 Å². The predicted octanol–water partition coefficient (Wildman–Crippen LogP) is 3.94. The van der Waals surface area contributed by atoms with Gasteiger partial charge in [-0.15, -0.1) is 0 Å². The molecule has 8 heteroatoms. The van der Waals surface area contributed by atoms with E-state index >= 15 is 0 Å².